The zero-order valence-electron chi connectivity index (χ0n) is 14.6. The van der Waals surface area contributed by atoms with Gasteiger partial charge in [-0.15, -0.1) is 0 Å². The van der Waals surface area contributed by atoms with E-state index in [4.69, 9.17) is 0 Å². The molecule has 2 aromatic carbocycles. The van der Waals surface area contributed by atoms with Crippen molar-refractivity contribution in [1.82, 2.24) is 14.9 Å². The van der Waals surface area contributed by atoms with Crippen LogP contribution in [0, 0.1) is 0 Å². The fraction of sp³-hybridized carbons (Fsp3) is 0.143. The molecule has 0 spiro atoms. The quantitative estimate of drug-likeness (QED) is 0.541. The third-order valence-corrected chi connectivity index (χ3v) is 5.38. The molecule has 4 rings (SSSR count). The fourth-order valence-electron chi connectivity index (χ4n) is 2.95. The van der Waals surface area contributed by atoms with E-state index in [-0.39, 0.29) is 18.6 Å². The lowest BCUT2D eigenvalue weighted by atomic mass is 10.1. The number of carbonyl (C=O) groups excluding carboxylic acids is 1. The molecule has 0 unspecified atom stereocenters. The second kappa shape index (κ2) is 7.73. The van der Waals surface area contributed by atoms with Gasteiger partial charge in [-0.1, -0.05) is 41.7 Å². The van der Waals surface area contributed by atoms with Crippen LogP contribution in [-0.2, 0) is 6.42 Å². The Morgan fingerprint density at radius 2 is 1.89 bits per heavy atom. The number of nitrogens with one attached hydrogen (secondary N) is 1. The van der Waals surface area contributed by atoms with Crippen LogP contribution in [0.3, 0.4) is 0 Å². The van der Waals surface area contributed by atoms with Crippen molar-refractivity contribution in [1.29, 1.82) is 0 Å². The molecule has 1 atom stereocenters. The first-order valence-electron chi connectivity index (χ1n) is 8.72. The number of amides is 1. The molecule has 0 aliphatic rings. The molecule has 0 radical (unpaired) electrons. The molecule has 0 fully saturated rings. The summed E-state index contributed by atoms with van der Waals surface area (Å²) in [6, 6.07) is 18.9. The van der Waals surface area contributed by atoms with Crippen LogP contribution >= 0.6 is 11.3 Å². The molecule has 2 aromatic heterocycles. The molecule has 0 bridgehead atoms. The van der Waals surface area contributed by atoms with Gasteiger partial charge < -0.3 is 15.0 Å². The van der Waals surface area contributed by atoms with Crippen LogP contribution in [0.15, 0.2) is 73.1 Å². The first-order valence-corrected chi connectivity index (χ1v) is 9.54. The van der Waals surface area contributed by atoms with E-state index in [0.717, 1.165) is 20.9 Å². The average Bonchev–Trinajstić information content (AvgIpc) is 3.37. The van der Waals surface area contributed by atoms with E-state index in [2.05, 4.69) is 10.3 Å². The van der Waals surface area contributed by atoms with Gasteiger partial charge in [0.2, 0.25) is 0 Å². The predicted molar refractivity (Wildman–Crippen MR) is 107 cm³/mol. The molecule has 2 heterocycles. The molecule has 0 aliphatic heterocycles. The zero-order valence-corrected chi connectivity index (χ0v) is 15.4. The molecule has 0 saturated carbocycles. The lowest BCUT2D eigenvalue weighted by Gasteiger charge is -2.16. The number of nitrogens with zero attached hydrogens (tertiary/aromatic N) is 2. The smallest absolute Gasteiger partial charge is 0.251 e. The summed E-state index contributed by atoms with van der Waals surface area (Å²) in [6.45, 7) is -0.110. The first kappa shape index (κ1) is 17.5. The number of aliphatic hydroxyl groups excluding tert-OH is 1. The highest BCUT2D eigenvalue weighted by atomic mass is 32.1. The number of hydrogen-bond donors (Lipinski definition) is 2. The highest BCUT2D eigenvalue weighted by molar-refractivity contribution is 7.20. The molecule has 5 nitrogen and oxygen atoms in total. The lowest BCUT2D eigenvalue weighted by Crippen LogP contribution is -2.39. The van der Waals surface area contributed by atoms with E-state index in [9.17, 15) is 9.90 Å². The van der Waals surface area contributed by atoms with Crippen molar-refractivity contribution in [2.75, 3.05) is 6.61 Å². The Bertz CT molecular complexity index is 1040. The van der Waals surface area contributed by atoms with Gasteiger partial charge in [0.15, 0.2) is 5.13 Å². The summed E-state index contributed by atoms with van der Waals surface area (Å²) in [5.41, 5.74) is 2.51. The van der Waals surface area contributed by atoms with Gasteiger partial charge >= 0.3 is 0 Å². The van der Waals surface area contributed by atoms with Crippen molar-refractivity contribution in [3.05, 3.63) is 84.2 Å². The third-order valence-electron chi connectivity index (χ3n) is 4.35. The second-order valence-electron chi connectivity index (χ2n) is 6.31. The number of aromatic nitrogens is 2. The van der Waals surface area contributed by atoms with Crippen LogP contribution in [0.25, 0.3) is 15.3 Å². The molecule has 0 saturated heterocycles. The summed E-state index contributed by atoms with van der Waals surface area (Å²) in [5, 5.41) is 13.4. The minimum atomic E-state index is -0.326. The lowest BCUT2D eigenvalue weighted by molar-refractivity contribution is 0.0916. The van der Waals surface area contributed by atoms with Gasteiger partial charge in [0, 0.05) is 18.0 Å². The number of hydrogen-bond acceptors (Lipinski definition) is 4. The van der Waals surface area contributed by atoms with E-state index in [1.165, 1.54) is 11.3 Å². The number of fused-ring (bicyclic) bond motifs is 1. The SMILES string of the molecule is O=C(N[C@H](CO)Cc1ccccc1)c1ccc2nc(-n3cccc3)sc2c1. The van der Waals surface area contributed by atoms with Crippen LogP contribution < -0.4 is 5.32 Å². The molecule has 1 amide bonds. The Morgan fingerprint density at radius 1 is 1.11 bits per heavy atom. The largest absolute Gasteiger partial charge is 0.394 e. The Labute approximate surface area is 160 Å². The first-order chi connectivity index (χ1) is 13.2. The second-order valence-corrected chi connectivity index (χ2v) is 7.32. The molecule has 136 valence electrons. The monoisotopic (exact) mass is 377 g/mol. The third kappa shape index (κ3) is 3.92. The molecular formula is C21H19N3O2S. The zero-order chi connectivity index (χ0) is 18.6. The maximum atomic E-state index is 12.6. The predicted octanol–water partition coefficient (Wildman–Crippen LogP) is 3.42. The highest BCUT2D eigenvalue weighted by Crippen LogP contribution is 2.26. The number of benzene rings is 2. The molecule has 2 N–H and O–H groups in total. The summed E-state index contributed by atoms with van der Waals surface area (Å²) in [4.78, 5) is 17.2. The molecule has 0 aliphatic carbocycles. The van der Waals surface area contributed by atoms with Crippen LogP contribution in [0.1, 0.15) is 15.9 Å². The summed E-state index contributed by atoms with van der Waals surface area (Å²) in [7, 11) is 0. The van der Waals surface area contributed by atoms with Gasteiger partial charge in [-0.3, -0.25) is 4.79 Å². The van der Waals surface area contributed by atoms with Crippen LogP contribution in [-0.4, -0.2) is 33.2 Å². The highest BCUT2D eigenvalue weighted by Gasteiger charge is 2.15. The van der Waals surface area contributed by atoms with Gasteiger partial charge in [0.1, 0.15) is 0 Å². The standard InChI is InChI=1S/C21H19N3O2S/c25-14-17(12-15-6-2-1-3-7-15)22-20(26)16-8-9-18-19(13-16)27-21(23-18)24-10-4-5-11-24/h1-11,13,17,25H,12,14H2,(H,22,26)/t17-/m0/s1. The Hall–Kier alpha value is -2.96. The van der Waals surface area contributed by atoms with Crippen LogP contribution in [0.5, 0.6) is 0 Å². The summed E-state index contributed by atoms with van der Waals surface area (Å²) < 4.78 is 2.90. The maximum Gasteiger partial charge on any atom is 0.251 e. The van der Waals surface area contributed by atoms with Crippen LogP contribution in [0.4, 0.5) is 0 Å². The number of rotatable bonds is 6. The van der Waals surface area contributed by atoms with Crippen molar-refractivity contribution in [3.63, 3.8) is 0 Å². The van der Waals surface area contributed by atoms with Gasteiger partial charge in [-0.2, -0.15) is 0 Å². The topological polar surface area (TPSA) is 67.2 Å². The van der Waals surface area contributed by atoms with Crippen molar-refractivity contribution in [2.45, 2.75) is 12.5 Å². The van der Waals surface area contributed by atoms with Crippen LogP contribution in [0.2, 0.25) is 0 Å². The normalized spacial score (nSPS) is 12.2. The number of aliphatic hydroxyl groups is 1. The van der Waals surface area contributed by atoms with Crippen molar-refractivity contribution >= 4 is 27.5 Å². The van der Waals surface area contributed by atoms with Crippen molar-refractivity contribution < 1.29 is 9.90 Å². The molecule has 4 aromatic rings. The average molecular weight is 377 g/mol. The maximum absolute atomic E-state index is 12.6. The minimum absolute atomic E-state index is 0.110. The molecular weight excluding hydrogens is 358 g/mol. The van der Waals surface area contributed by atoms with Gasteiger partial charge in [-0.05, 0) is 42.3 Å². The fourth-order valence-corrected chi connectivity index (χ4v) is 3.93. The van der Waals surface area contributed by atoms with E-state index in [1.54, 1.807) is 6.07 Å². The van der Waals surface area contributed by atoms with Gasteiger partial charge in [0.05, 0.1) is 22.9 Å². The van der Waals surface area contributed by atoms with E-state index >= 15 is 0 Å². The van der Waals surface area contributed by atoms with Gasteiger partial charge in [0.25, 0.3) is 5.91 Å². The summed E-state index contributed by atoms with van der Waals surface area (Å²) >= 11 is 1.54. The van der Waals surface area contributed by atoms with E-state index < -0.39 is 0 Å². The van der Waals surface area contributed by atoms with E-state index in [0.29, 0.717) is 12.0 Å². The molecule has 6 heteroatoms. The molecule has 27 heavy (non-hydrogen) atoms. The minimum Gasteiger partial charge on any atom is -0.394 e. The Kier molecular flexibility index (Phi) is 5.00. The van der Waals surface area contributed by atoms with Crippen molar-refractivity contribution in [3.8, 4) is 5.13 Å². The summed E-state index contributed by atoms with van der Waals surface area (Å²) in [6.07, 6.45) is 4.48. The van der Waals surface area contributed by atoms with E-state index in [1.807, 2.05) is 71.6 Å². The summed E-state index contributed by atoms with van der Waals surface area (Å²) in [5.74, 6) is -0.192. The number of carbonyl (C=O) groups is 1. The number of thiazole rings is 1. The Balaban J connectivity index is 1.51. The Morgan fingerprint density at radius 3 is 2.63 bits per heavy atom. The van der Waals surface area contributed by atoms with Crippen molar-refractivity contribution in [2.24, 2.45) is 0 Å². The van der Waals surface area contributed by atoms with Gasteiger partial charge in [-0.25, -0.2) is 4.98 Å².